The van der Waals surface area contributed by atoms with Crippen molar-refractivity contribution in [2.75, 3.05) is 0 Å². The molecule has 0 aliphatic rings. The highest BCUT2D eigenvalue weighted by Gasteiger charge is 2.14. The minimum Gasteiger partial charge on any atom is -0.264 e. The Morgan fingerprint density at radius 3 is 2.64 bits per heavy atom. The van der Waals surface area contributed by atoms with E-state index in [1.807, 2.05) is 6.08 Å². The van der Waals surface area contributed by atoms with Crippen LogP contribution in [-0.4, -0.2) is 9.78 Å². The zero-order valence-electron chi connectivity index (χ0n) is 9.05. The first-order valence-electron chi connectivity index (χ1n) is 5.00. The molecule has 0 fully saturated rings. The Kier molecular flexibility index (Phi) is 4.16. The minimum absolute atomic E-state index is 0.485. The van der Waals surface area contributed by atoms with Crippen LogP contribution in [0.1, 0.15) is 44.5 Å². The van der Waals surface area contributed by atoms with Crippen molar-refractivity contribution >= 4 is 28.7 Å². The molecule has 0 unspecified atom stereocenters. The van der Waals surface area contributed by atoms with Crippen molar-refractivity contribution in [2.45, 2.75) is 39.7 Å². The van der Waals surface area contributed by atoms with Crippen molar-refractivity contribution in [1.29, 1.82) is 0 Å². The van der Waals surface area contributed by atoms with Crippen LogP contribution in [0.2, 0.25) is 0 Å². The van der Waals surface area contributed by atoms with Crippen LogP contribution in [0.15, 0.2) is 6.58 Å². The molecule has 0 aliphatic heterocycles. The molecule has 3 heteroatoms. The monoisotopic (exact) mass is 304 g/mol. The van der Waals surface area contributed by atoms with Crippen LogP contribution < -0.4 is 0 Å². The van der Waals surface area contributed by atoms with Crippen molar-refractivity contribution in [3.05, 3.63) is 21.5 Å². The van der Waals surface area contributed by atoms with Crippen LogP contribution in [0.5, 0.6) is 0 Å². The normalized spacial score (nSPS) is 10.9. The summed E-state index contributed by atoms with van der Waals surface area (Å²) in [6.07, 6.45) is 3.01. The molecule has 1 aromatic heterocycles. The first kappa shape index (κ1) is 11.8. The van der Waals surface area contributed by atoms with E-state index in [0.29, 0.717) is 5.92 Å². The van der Waals surface area contributed by atoms with Gasteiger partial charge >= 0.3 is 0 Å². The Hall–Kier alpha value is -0.320. The number of halogens is 1. The van der Waals surface area contributed by atoms with Crippen LogP contribution >= 0.6 is 22.6 Å². The summed E-state index contributed by atoms with van der Waals surface area (Å²) in [6.45, 7) is 11.3. The molecule has 2 nitrogen and oxygen atoms in total. The Bertz CT molecular complexity index is 326. The average Bonchev–Trinajstić information content (AvgIpc) is 2.43. The Morgan fingerprint density at radius 1 is 1.57 bits per heavy atom. The molecule has 0 N–H and O–H groups in total. The van der Waals surface area contributed by atoms with Gasteiger partial charge in [-0.05, 0) is 41.0 Å². The highest BCUT2D eigenvalue weighted by molar-refractivity contribution is 14.1. The predicted molar refractivity (Wildman–Crippen MR) is 69.4 cm³/mol. The Balaban J connectivity index is 3.17. The van der Waals surface area contributed by atoms with Gasteiger partial charge in [-0.25, -0.2) is 0 Å². The summed E-state index contributed by atoms with van der Waals surface area (Å²) >= 11 is 2.36. The Morgan fingerprint density at radius 2 is 2.21 bits per heavy atom. The maximum Gasteiger partial charge on any atom is 0.0789 e. The summed E-state index contributed by atoms with van der Waals surface area (Å²) in [5, 5.41) is 4.61. The summed E-state index contributed by atoms with van der Waals surface area (Å²) in [7, 11) is 0. The molecule has 0 saturated carbocycles. The van der Waals surface area contributed by atoms with Crippen molar-refractivity contribution in [3.8, 4) is 0 Å². The van der Waals surface area contributed by atoms with E-state index < -0.39 is 0 Å². The van der Waals surface area contributed by atoms with Gasteiger partial charge in [0.2, 0.25) is 0 Å². The van der Waals surface area contributed by atoms with Crippen LogP contribution in [0.4, 0.5) is 0 Å². The van der Waals surface area contributed by atoms with Gasteiger partial charge in [-0.15, -0.1) is 0 Å². The van der Waals surface area contributed by atoms with E-state index in [9.17, 15) is 0 Å². The summed E-state index contributed by atoms with van der Waals surface area (Å²) < 4.78 is 3.31. The Labute approximate surface area is 99.5 Å². The first-order valence-corrected chi connectivity index (χ1v) is 6.08. The maximum atomic E-state index is 4.61. The van der Waals surface area contributed by atoms with E-state index in [1.54, 1.807) is 0 Å². The number of rotatable bonds is 4. The van der Waals surface area contributed by atoms with Crippen molar-refractivity contribution in [3.63, 3.8) is 0 Å². The van der Waals surface area contributed by atoms with Gasteiger partial charge in [-0.1, -0.05) is 27.4 Å². The number of nitrogens with zero attached hydrogens (tertiary/aromatic N) is 2. The van der Waals surface area contributed by atoms with E-state index in [1.165, 1.54) is 9.26 Å². The minimum atomic E-state index is 0.485. The van der Waals surface area contributed by atoms with E-state index in [0.717, 1.165) is 18.7 Å². The third-order valence-electron chi connectivity index (χ3n) is 2.13. The van der Waals surface area contributed by atoms with Gasteiger partial charge in [0.15, 0.2) is 0 Å². The van der Waals surface area contributed by atoms with Gasteiger partial charge in [0.25, 0.3) is 0 Å². The number of hydrogen-bond donors (Lipinski definition) is 0. The first-order chi connectivity index (χ1) is 6.61. The van der Waals surface area contributed by atoms with Gasteiger partial charge in [0, 0.05) is 6.54 Å². The van der Waals surface area contributed by atoms with Crippen molar-refractivity contribution in [2.24, 2.45) is 0 Å². The van der Waals surface area contributed by atoms with Crippen LogP contribution in [-0.2, 0) is 6.54 Å². The summed E-state index contributed by atoms with van der Waals surface area (Å²) in [6, 6.07) is 0. The van der Waals surface area contributed by atoms with Crippen molar-refractivity contribution < 1.29 is 0 Å². The lowest BCUT2D eigenvalue weighted by Crippen LogP contribution is -2.02. The maximum absolute atomic E-state index is 4.61. The molecular formula is C11H17IN2. The largest absolute Gasteiger partial charge is 0.264 e. The fourth-order valence-electron chi connectivity index (χ4n) is 1.42. The molecule has 0 atom stereocenters. The lowest BCUT2D eigenvalue weighted by atomic mass is 10.1. The third-order valence-corrected chi connectivity index (χ3v) is 3.24. The number of hydrogen-bond acceptors (Lipinski definition) is 1. The molecule has 0 aromatic carbocycles. The van der Waals surface area contributed by atoms with Gasteiger partial charge in [-0.3, -0.25) is 4.68 Å². The standard InChI is InChI=1S/C11H17IN2/c1-5-7-14-9(6-2)10(12)11(13-14)8(3)4/h6,8H,2,5,7H2,1,3-4H3. The van der Waals surface area contributed by atoms with E-state index in [2.05, 4.69) is 59.7 Å². The second-order valence-electron chi connectivity index (χ2n) is 3.67. The van der Waals surface area contributed by atoms with E-state index in [-0.39, 0.29) is 0 Å². The number of aromatic nitrogens is 2. The molecule has 78 valence electrons. The topological polar surface area (TPSA) is 17.8 Å². The van der Waals surface area contributed by atoms with Gasteiger partial charge in [0.1, 0.15) is 0 Å². The zero-order chi connectivity index (χ0) is 10.7. The molecule has 1 rings (SSSR count). The molecule has 0 aliphatic carbocycles. The quantitative estimate of drug-likeness (QED) is 0.776. The smallest absolute Gasteiger partial charge is 0.0789 e. The second-order valence-corrected chi connectivity index (χ2v) is 4.75. The van der Waals surface area contributed by atoms with E-state index >= 15 is 0 Å². The molecule has 0 radical (unpaired) electrons. The molecule has 0 amide bonds. The fraction of sp³-hybridized carbons (Fsp3) is 0.545. The molecular weight excluding hydrogens is 287 g/mol. The van der Waals surface area contributed by atoms with Crippen LogP contribution in [0, 0.1) is 3.57 Å². The van der Waals surface area contributed by atoms with Gasteiger partial charge < -0.3 is 0 Å². The second kappa shape index (κ2) is 4.96. The SMILES string of the molecule is C=Cc1c(I)c(C(C)C)nn1CCC. The van der Waals surface area contributed by atoms with Crippen LogP contribution in [0.3, 0.4) is 0 Å². The lowest BCUT2D eigenvalue weighted by molar-refractivity contribution is 0.584. The number of aryl methyl sites for hydroxylation is 1. The highest BCUT2D eigenvalue weighted by Crippen LogP contribution is 2.24. The molecule has 1 heterocycles. The molecule has 0 spiro atoms. The van der Waals surface area contributed by atoms with Gasteiger partial charge in [0.05, 0.1) is 15.0 Å². The van der Waals surface area contributed by atoms with Crippen LogP contribution in [0.25, 0.3) is 6.08 Å². The zero-order valence-corrected chi connectivity index (χ0v) is 11.2. The van der Waals surface area contributed by atoms with Crippen molar-refractivity contribution in [1.82, 2.24) is 9.78 Å². The molecule has 14 heavy (non-hydrogen) atoms. The summed E-state index contributed by atoms with van der Waals surface area (Å²) in [5.41, 5.74) is 2.35. The predicted octanol–water partition coefficient (Wildman–Crippen LogP) is 3.66. The van der Waals surface area contributed by atoms with Gasteiger partial charge in [-0.2, -0.15) is 5.10 Å². The van der Waals surface area contributed by atoms with E-state index in [4.69, 9.17) is 0 Å². The lowest BCUT2D eigenvalue weighted by Gasteiger charge is -2.00. The fourth-order valence-corrected chi connectivity index (χ4v) is 2.65. The third kappa shape index (κ3) is 2.19. The molecule has 0 saturated heterocycles. The molecule has 0 bridgehead atoms. The summed E-state index contributed by atoms with van der Waals surface area (Å²) in [4.78, 5) is 0. The average molecular weight is 304 g/mol. The molecule has 1 aromatic rings. The highest BCUT2D eigenvalue weighted by atomic mass is 127. The summed E-state index contributed by atoms with van der Waals surface area (Å²) in [5.74, 6) is 0.485.